The van der Waals surface area contributed by atoms with E-state index in [0.717, 1.165) is 11.4 Å². The van der Waals surface area contributed by atoms with Gasteiger partial charge in [0.15, 0.2) is 16.1 Å². The number of nitrogens with one attached hydrogen (secondary N) is 1. The minimum absolute atomic E-state index is 0.00958. The van der Waals surface area contributed by atoms with Crippen LogP contribution < -0.4 is 5.32 Å². The van der Waals surface area contributed by atoms with Crippen LogP contribution >= 0.6 is 23.1 Å². The maximum absolute atomic E-state index is 12.7. The lowest BCUT2D eigenvalue weighted by Crippen LogP contribution is -2.22. The Hall–Kier alpha value is -3.57. The highest BCUT2D eigenvalue weighted by Gasteiger charge is 2.20. The van der Waals surface area contributed by atoms with Crippen LogP contribution in [0.1, 0.15) is 6.92 Å². The molecule has 1 N–H and O–H groups in total. The van der Waals surface area contributed by atoms with Crippen molar-refractivity contribution >= 4 is 39.8 Å². The predicted molar refractivity (Wildman–Crippen MR) is 125 cm³/mol. The number of benzene rings is 2. The molecule has 0 saturated heterocycles. The number of non-ortho nitro benzene ring substituents is 1. The standard InChI is InChI=1S/C21H18N6O3S2/c1-13(32-21-25-24-18(26(21)2)14-7-4-3-5-8-14)19(28)23-20-22-17(12-31-20)15-9-6-10-16(11-15)27(29)30/h3-13H,1-2H3,(H,22,23,28)/t13-/m1/s1. The molecule has 11 heteroatoms. The number of hydrogen-bond acceptors (Lipinski definition) is 8. The SMILES string of the molecule is C[C@@H](Sc1nnc(-c2ccccc2)n1C)C(=O)Nc1nc(-c2cccc([N+](=O)[O-])c2)cs1. The van der Waals surface area contributed by atoms with Gasteiger partial charge in [-0.05, 0) is 6.92 Å². The summed E-state index contributed by atoms with van der Waals surface area (Å²) < 4.78 is 1.85. The molecule has 2 aromatic heterocycles. The van der Waals surface area contributed by atoms with Crippen LogP contribution in [0.4, 0.5) is 10.8 Å². The third-order valence-electron chi connectivity index (χ3n) is 4.61. The smallest absolute Gasteiger partial charge is 0.270 e. The largest absolute Gasteiger partial charge is 0.305 e. The Balaban J connectivity index is 1.42. The fourth-order valence-electron chi connectivity index (χ4n) is 2.92. The Kier molecular flexibility index (Phi) is 6.28. The maximum atomic E-state index is 12.7. The molecule has 0 saturated carbocycles. The fraction of sp³-hybridized carbons (Fsp3) is 0.143. The predicted octanol–water partition coefficient (Wildman–Crippen LogP) is 4.63. The second kappa shape index (κ2) is 9.28. The second-order valence-electron chi connectivity index (χ2n) is 6.83. The van der Waals surface area contributed by atoms with Gasteiger partial charge in [0.25, 0.3) is 5.69 Å². The lowest BCUT2D eigenvalue weighted by Gasteiger charge is -2.10. The molecule has 0 aliphatic heterocycles. The molecule has 0 bridgehead atoms. The Morgan fingerprint density at radius 3 is 2.66 bits per heavy atom. The molecule has 9 nitrogen and oxygen atoms in total. The highest BCUT2D eigenvalue weighted by atomic mass is 32.2. The van der Waals surface area contributed by atoms with Crippen molar-refractivity contribution < 1.29 is 9.72 Å². The molecule has 0 unspecified atom stereocenters. The van der Waals surface area contributed by atoms with Crippen molar-refractivity contribution in [2.75, 3.05) is 5.32 Å². The quantitative estimate of drug-likeness (QED) is 0.240. The van der Waals surface area contributed by atoms with E-state index in [4.69, 9.17) is 0 Å². The van der Waals surface area contributed by atoms with Gasteiger partial charge < -0.3 is 9.88 Å². The van der Waals surface area contributed by atoms with Gasteiger partial charge in [-0.15, -0.1) is 21.5 Å². The molecule has 1 atom stereocenters. The van der Waals surface area contributed by atoms with Gasteiger partial charge in [-0.2, -0.15) is 0 Å². The molecule has 162 valence electrons. The molecule has 2 aromatic carbocycles. The van der Waals surface area contributed by atoms with Gasteiger partial charge >= 0.3 is 0 Å². The summed E-state index contributed by atoms with van der Waals surface area (Å²) in [6, 6.07) is 15.9. The van der Waals surface area contributed by atoms with Crippen molar-refractivity contribution in [1.29, 1.82) is 0 Å². The normalized spacial score (nSPS) is 11.8. The van der Waals surface area contributed by atoms with E-state index >= 15 is 0 Å². The molecular formula is C21H18N6O3S2. The van der Waals surface area contributed by atoms with E-state index in [9.17, 15) is 14.9 Å². The fourth-order valence-corrected chi connectivity index (χ4v) is 4.45. The molecule has 0 spiro atoms. The lowest BCUT2D eigenvalue weighted by molar-refractivity contribution is -0.384. The van der Waals surface area contributed by atoms with Gasteiger partial charge in [0.1, 0.15) is 0 Å². The zero-order chi connectivity index (χ0) is 22.7. The molecule has 1 amide bonds. The van der Waals surface area contributed by atoms with E-state index in [-0.39, 0.29) is 11.6 Å². The molecule has 0 aliphatic rings. The van der Waals surface area contributed by atoms with Crippen LogP contribution in [0.25, 0.3) is 22.6 Å². The molecule has 32 heavy (non-hydrogen) atoms. The highest BCUT2D eigenvalue weighted by Crippen LogP contribution is 2.29. The van der Waals surface area contributed by atoms with Crippen molar-refractivity contribution in [2.24, 2.45) is 7.05 Å². The summed E-state index contributed by atoms with van der Waals surface area (Å²) >= 11 is 2.56. The van der Waals surface area contributed by atoms with E-state index in [1.807, 2.05) is 41.9 Å². The average Bonchev–Trinajstić information content (AvgIpc) is 3.41. The first kappa shape index (κ1) is 21.7. The number of rotatable bonds is 7. The van der Waals surface area contributed by atoms with Crippen molar-refractivity contribution in [2.45, 2.75) is 17.3 Å². The topological polar surface area (TPSA) is 116 Å². The number of amides is 1. The third-order valence-corrected chi connectivity index (χ3v) is 6.50. The zero-order valence-electron chi connectivity index (χ0n) is 17.1. The summed E-state index contributed by atoms with van der Waals surface area (Å²) in [5.41, 5.74) is 2.12. The van der Waals surface area contributed by atoms with Gasteiger partial charge in [0, 0.05) is 35.7 Å². The Morgan fingerprint density at radius 2 is 1.91 bits per heavy atom. The number of nitro benzene ring substituents is 1. The van der Waals surface area contributed by atoms with E-state index in [1.54, 1.807) is 24.4 Å². The first-order chi connectivity index (χ1) is 15.4. The summed E-state index contributed by atoms with van der Waals surface area (Å²) in [7, 11) is 1.86. The number of nitro groups is 1. The molecular weight excluding hydrogens is 448 g/mol. The van der Waals surface area contributed by atoms with Crippen LogP contribution in [0.3, 0.4) is 0 Å². The number of thioether (sulfide) groups is 1. The average molecular weight is 467 g/mol. The zero-order valence-corrected chi connectivity index (χ0v) is 18.8. The molecule has 0 radical (unpaired) electrons. The summed E-state index contributed by atoms with van der Waals surface area (Å²) in [4.78, 5) is 27.6. The lowest BCUT2D eigenvalue weighted by atomic mass is 10.1. The van der Waals surface area contributed by atoms with Crippen LogP contribution in [0.15, 0.2) is 65.1 Å². The monoisotopic (exact) mass is 466 g/mol. The highest BCUT2D eigenvalue weighted by molar-refractivity contribution is 8.00. The third kappa shape index (κ3) is 4.68. The Bertz CT molecular complexity index is 1270. The van der Waals surface area contributed by atoms with Crippen molar-refractivity contribution in [3.63, 3.8) is 0 Å². The molecule has 0 fully saturated rings. The van der Waals surface area contributed by atoms with Crippen LogP contribution in [-0.4, -0.2) is 35.8 Å². The minimum atomic E-state index is -0.451. The summed E-state index contributed by atoms with van der Waals surface area (Å²) in [6.45, 7) is 1.78. The second-order valence-corrected chi connectivity index (χ2v) is 8.99. The Labute approximate surface area is 191 Å². The number of carbonyl (C=O) groups is 1. The minimum Gasteiger partial charge on any atom is -0.305 e. The van der Waals surface area contributed by atoms with E-state index in [1.165, 1.54) is 35.2 Å². The number of anilines is 1. The number of aromatic nitrogens is 4. The number of hydrogen-bond donors (Lipinski definition) is 1. The number of nitrogens with zero attached hydrogens (tertiary/aromatic N) is 5. The van der Waals surface area contributed by atoms with Gasteiger partial charge in [-0.25, -0.2) is 4.98 Å². The molecule has 4 aromatic rings. The first-order valence-corrected chi connectivity index (χ1v) is 11.3. The van der Waals surface area contributed by atoms with E-state index in [0.29, 0.717) is 21.5 Å². The maximum Gasteiger partial charge on any atom is 0.270 e. The molecule has 2 heterocycles. The number of thiazole rings is 1. The number of carbonyl (C=O) groups excluding carboxylic acids is 1. The van der Waals surface area contributed by atoms with E-state index < -0.39 is 10.2 Å². The van der Waals surface area contributed by atoms with Crippen molar-refractivity contribution in [3.8, 4) is 22.6 Å². The van der Waals surface area contributed by atoms with Crippen molar-refractivity contribution in [3.05, 3.63) is 70.1 Å². The van der Waals surface area contributed by atoms with Gasteiger partial charge in [0.2, 0.25) is 5.91 Å². The summed E-state index contributed by atoms with van der Waals surface area (Å²) in [5.74, 6) is 0.501. The van der Waals surface area contributed by atoms with Crippen LogP contribution in [0.5, 0.6) is 0 Å². The van der Waals surface area contributed by atoms with Gasteiger partial charge in [-0.1, -0.05) is 54.2 Å². The van der Waals surface area contributed by atoms with Crippen LogP contribution in [-0.2, 0) is 11.8 Å². The van der Waals surface area contributed by atoms with E-state index in [2.05, 4.69) is 20.5 Å². The van der Waals surface area contributed by atoms with Gasteiger partial charge in [0.05, 0.1) is 15.9 Å². The molecule has 0 aliphatic carbocycles. The van der Waals surface area contributed by atoms with Crippen molar-refractivity contribution in [1.82, 2.24) is 19.7 Å². The first-order valence-electron chi connectivity index (χ1n) is 9.55. The van der Waals surface area contributed by atoms with Crippen LogP contribution in [0, 0.1) is 10.1 Å². The molecule has 4 rings (SSSR count). The summed E-state index contributed by atoms with van der Waals surface area (Å²) in [5, 5.41) is 24.6. The Morgan fingerprint density at radius 1 is 1.16 bits per heavy atom. The van der Waals surface area contributed by atoms with Crippen LogP contribution in [0.2, 0.25) is 0 Å². The summed E-state index contributed by atoms with van der Waals surface area (Å²) in [6.07, 6.45) is 0. The van der Waals surface area contributed by atoms with Gasteiger partial charge in [-0.3, -0.25) is 14.9 Å².